The average Bonchev–Trinajstić information content (AvgIpc) is 2.92. The van der Waals surface area contributed by atoms with Crippen molar-refractivity contribution >= 4 is 50.7 Å². The highest BCUT2D eigenvalue weighted by atomic mass is 35.5. The van der Waals surface area contributed by atoms with E-state index in [4.69, 9.17) is 23.2 Å². The van der Waals surface area contributed by atoms with E-state index in [1.807, 2.05) is 13.8 Å². The van der Waals surface area contributed by atoms with Crippen LogP contribution in [0.4, 0.5) is 5.69 Å². The van der Waals surface area contributed by atoms with Crippen LogP contribution in [0.2, 0.25) is 10.0 Å². The van der Waals surface area contributed by atoms with Crippen molar-refractivity contribution in [2.24, 2.45) is 0 Å². The number of hydrogen-bond acceptors (Lipinski definition) is 4. The van der Waals surface area contributed by atoms with Gasteiger partial charge < -0.3 is 10.2 Å². The van der Waals surface area contributed by atoms with Gasteiger partial charge in [-0.1, -0.05) is 66.5 Å². The topological polar surface area (TPSA) is 86.8 Å². The first kappa shape index (κ1) is 30.5. The van der Waals surface area contributed by atoms with Crippen molar-refractivity contribution in [2.45, 2.75) is 57.6 Å². The Morgan fingerprint density at radius 3 is 2.26 bits per heavy atom. The van der Waals surface area contributed by atoms with E-state index in [2.05, 4.69) is 5.32 Å². The second-order valence-corrected chi connectivity index (χ2v) is 12.1. The van der Waals surface area contributed by atoms with Crippen molar-refractivity contribution < 1.29 is 18.0 Å². The number of hydrogen-bond donors (Lipinski definition) is 1. The molecule has 10 heteroatoms. The molecule has 39 heavy (non-hydrogen) atoms. The molecule has 0 radical (unpaired) electrons. The van der Waals surface area contributed by atoms with Crippen molar-refractivity contribution in [1.82, 2.24) is 10.2 Å². The third-order valence-corrected chi connectivity index (χ3v) is 8.95. The van der Waals surface area contributed by atoms with Crippen LogP contribution in [0.5, 0.6) is 0 Å². The second-order valence-electron chi connectivity index (χ2n) is 9.35. The van der Waals surface area contributed by atoms with E-state index < -0.39 is 28.5 Å². The van der Waals surface area contributed by atoms with Gasteiger partial charge in [0, 0.05) is 22.6 Å². The first-order valence-electron chi connectivity index (χ1n) is 12.6. The molecular weight excluding hydrogens is 557 g/mol. The summed E-state index contributed by atoms with van der Waals surface area (Å²) in [6.07, 6.45) is 0.720. The van der Waals surface area contributed by atoms with Crippen molar-refractivity contribution in [2.75, 3.05) is 10.8 Å². The number of benzene rings is 3. The summed E-state index contributed by atoms with van der Waals surface area (Å²) in [5.74, 6) is -0.892. The van der Waals surface area contributed by atoms with Crippen LogP contribution in [0.3, 0.4) is 0 Å². The Morgan fingerprint density at radius 1 is 0.949 bits per heavy atom. The van der Waals surface area contributed by atoms with Crippen molar-refractivity contribution in [3.05, 3.63) is 94.0 Å². The lowest BCUT2D eigenvalue weighted by Gasteiger charge is -2.33. The van der Waals surface area contributed by atoms with E-state index in [1.54, 1.807) is 74.5 Å². The molecule has 2 amide bonds. The van der Waals surface area contributed by atoms with Gasteiger partial charge in [-0.3, -0.25) is 13.9 Å². The van der Waals surface area contributed by atoms with E-state index in [-0.39, 0.29) is 29.1 Å². The fourth-order valence-corrected chi connectivity index (χ4v) is 5.85. The summed E-state index contributed by atoms with van der Waals surface area (Å²) >= 11 is 12.5. The number of carbonyl (C=O) groups excluding carboxylic acids is 2. The molecule has 0 aliphatic rings. The highest BCUT2D eigenvalue weighted by molar-refractivity contribution is 7.92. The summed E-state index contributed by atoms with van der Waals surface area (Å²) in [6, 6.07) is 18.8. The molecule has 3 aromatic carbocycles. The normalized spacial score (nSPS) is 12.9. The molecule has 3 rings (SSSR count). The number of carbonyl (C=O) groups is 2. The minimum atomic E-state index is -4.16. The van der Waals surface area contributed by atoms with Crippen molar-refractivity contribution in [1.29, 1.82) is 0 Å². The van der Waals surface area contributed by atoms with E-state index in [0.717, 1.165) is 10.7 Å². The molecule has 0 saturated carbocycles. The molecule has 0 heterocycles. The van der Waals surface area contributed by atoms with Gasteiger partial charge in [-0.25, -0.2) is 8.42 Å². The maximum absolute atomic E-state index is 14.0. The molecule has 0 saturated heterocycles. The van der Waals surface area contributed by atoms with Crippen molar-refractivity contribution in [3.8, 4) is 0 Å². The Kier molecular flexibility index (Phi) is 10.4. The van der Waals surface area contributed by atoms with Gasteiger partial charge in [-0.15, -0.1) is 0 Å². The zero-order valence-electron chi connectivity index (χ0n) is 22.4. The monoisotopic (exact) mass is 589 g/mol. The minimum Gasteiger partial charge on any atom is -0.352 e. The first-order valence-corrected chi connectivity index (χ1v) is 14.8. The highest BCUT2D eigenvalue weighted by Crippen LogP contribution is 2.31. The number of rotatable bonds is 11. The quantitative estimate of drug-likeness (QED) is 0.305. The molecule has 0 aromatic heterocycles. The van der Waals surface area contributed by atoms with Crippen LogP contribution in [0.15, 0.2) is 77.7 Å². The van der Waals surface area contributed by atoms with Gasteiger partial charge in [0.05, 0.1) is 10.6 Å². The number of anilines is 1. The number of amides is 2. The summed E-state index contributed by atoms with van der Waals surface area (Å²) in [5.41, 5.74) is 1.49. The molecule has 0 aliphatic carbocycles. The van der Waals surface area contributed by atoms with E-state index >= 15 is 0 Å². The molecule has 0 unspecified atom stereocenters. The molecule has 0 aliphatic heterocycles. The van der Waals surface area contributed by atoms with Gasteiger partial charge in [-0.05, 0) is 74.7 Å². The third-order valence-electron chi connectivity index (χ3n) is 6.53. The number of sulfonamides is 1. The highest BCUT2D eigenvalue weighted by Gasteiger charge is 2.33. The largest absolute Gasteiger partial charge is 0.352 e. The zero-order chi connectivity index (χ0) is 28.7. The van der Waals surface area contributed by atoms with E-state index in [1.165, 1.54) is 17.0 Å². The SMILES string of the molecule is CC[C@H](C)NC(=O)[C@@H](C)N(Cc1cccc(Cl)c1)C(=O)CN(c1cccc(Cl)c1C)S(=O)(=O)c1ccccc1. The number of halogens is 2. The van der Waals surface area contributed by atoms with Gasteiger partial charge in [0.1, 0.15) is 12.6 Å². The zero-order valence-corrected chi connectivity index (χ0v) is 24.7. The predicted octanol–water partition coefficient (Wildman–Crippen LogP) is 5.83. The summed E-state index contributed by atoms with van der Waals surface area (Å²) in [7, 11) is -4.16. The number of nitrogens with one attached hydrogen (secondary N) is 1. The standard InChI is InChI=1S/C29H33Cl2N3O4S/c1-5-20(2)32-29(36)22(4)33(18-23-11-9-12-24(30)17-23)28(35)19-34(27-16-10-15-26(31)21(27)3)39(37,38)25-13-7-6-8-14-25/h6-17,20,22H,5,18-19H2,1-4H3,(H,32,36)/t20-,22+/m0/s1. The lowest BCUT2D eigenvalue weighted by atomic mass is 10.1. The van der Waals surface area contributed by atoms with Crippen LogP contribution in [0, 0.1) is 6.92 Å². The van der Waals surface area contributed by atoms with Crippen LogP contribution >= 0.6 is 23.2 Å². The fourth-order valence-electron chi connectivity index (χ4n) is 3.98. The Hall–Kier alpha value is -3.07. The maximum Gasteiger partial charge on any atom is 0.264 e. The Morgan fingerprint density at radius 2 is 1.62 bits per heavy atom. The molecule has 3 aromatic rings. The van der Waals surface area contributed by atoms with E-state index in [9.17, 15) is 18.0 Å². The van der Waals surface area contributed by atoms with Crippen LogP contribution in [0.1, 0.15) is 38.3 Å². The molecule has 0 bridgehead atoms. The lowest BCUT2D eigenvalue weighted by molar-refractivity contribution is -0.139. The first-order chi connectivity index (χ1) is 18.4. The number of nitrogens with zero attached hydrogens (tertiary/aromatic N) is 2. The van der Waals surface area contributed by atoms with E-state index in [0.29, 0.717) is 21.2 Å². The molecular formula is C29H33Cl2N3O4S. The molecule has 208 valence electrons. The van der Waals surface area contributed by atoms with Gasteiger partial charge in [0.2, 0.25) is 11.8 Å². The minimum absolute atomic E-state index is 0.0288. The molecule has 1 N–H and O–H groups in total. The van der Waals surface area contributed by atoms with Crippen LogP contribution in [-0.4, -0.2) is 43.8 Å². The van der Waals surface area contributed by atoms with Crippen LogP contribution < -0.4 is 9.62 Å². The third kappa shape index (κ3) is 7.53. The molecule has 2 atom stereocenters. The average molecular weight is 591 g/mol. The molecule has 0 spiro atoms. The molecule has 7 nitrogen and oxygen atoms in total. The van der Waals surface area contributed by atoms with Crippen molar-refractivity contribution in [3.63, 3.8) is 0 Å². The Labute approximate surface area is 240 Å². The smallest absolute Gasteiger partial charge is 0.264 e. The molecule has 0 fully saturated rings. The Balaban J connectivity index is 2.06. The maximum atomic E-state index is 14.0. The second kappa shape index (κ2) is 13.3. The van der Waals surface area contributed by atoms with Crippen LogP contribution in [-0.2, 0) is 26.2 Å². The lowest BCUT2D eigenvalue weighted by Crippen LogP contribution is -2.52. The van der Waals surface area contributed by atoms with Gasteiger partial charge in [0.25, 0.3) is 10.0 Å². The summed E-state index contributed by atoms with van der Waals surface area (Å²) < 4.78 is 28.8. The summed E-state index contributed by atoms with van der Waals surface area (Å²) in [4.78, 5) is 28.5. The fraction of sp³-hybridized carbons (Fsp3) is 0.310. The van der Waals surface area contributed by atoms with Gasteiger partial charge >= 0.3 is 0 Å². The van der Waals surface area contributed by atoms with Gasteiger partial charge in [-0.2, -0.15) is 0 Å². The summed E-state index contributed by atoms with van der Waals surface area (Å²) in [6.45, 7) is 6.67. The predicted molar refractivity (Wildman–Crippen MR) is 157 cm³/mol. The Bertz CT molecular complexity index is 1420. The van der Waals surface area contributed by atoms with Gasteiger partial charge in [0.15, 0.2) is 0 Å². The summed E-state index contributed by atoms with van der Waals surface area (Å²) in [5, 5.41) is 3.76. The van der Waals surface area contributed by atoms with Crippen LogP contribution in [0.25, 0.3) is 0 Å².